The monoisotopic (exact) mass is 406 g/mol. The first-order chi connectivity index (χ1) is 12.8. The van der Waals surface area contributed by atoms with Gasteiger partial charge in [-0.1, -0.05) is 29.3 Å². The van der Waals surface area contributed by atoms with Gasteiger partial charge in [-0.15, -0.1) is 0 Å². The molecule has 0 spiro atoms. The fourth-order valence-corrected chi connectivity index (χ4v) is 4.83. The van der Waals surface area contributed by atoms with Crippen LogP contribution in [0.5, 0.6) is 0 Å². The van der Waals surface area contributed by atoms with E-state index in [1.54, 1.807) is 36.1 Å². The molecule has 0 aromatic heterocycles. The molecule has 27 heavy (non-hydrogen) atoms. The highest BCUT2D eigenvalue weighted by atomic mass is 35.5. The molecule has 3 rings (SSSR count). The van der Waals surface area contributed by atoms with Crippen LogP contribution in [0.1, 0.15) is 40.7 Å². The van der Waals surface area contributed by atoms with Gasteiger partial charge in [-0.25, -0.2) is 8.42 Å². The topological polar surface area (TPSA) is 66.5 Å². The van der Waals surface area contributed by atoms with Crippen molar-refractivity contribution in [2.45, 2.75) is 38.0 Å². The Balaban J connectivity index is 1.96. The van der Waals surface area contributed by atoms with E-state index in [2.05, 4.69) is 4.72 Å². The molecule has 1 heterocycles. The number of carbonyl (C=O) groups is 1. The van der Waals surface area contributed by atoms with Crippen molar-refractivity contribution in [2.24, 2.45) is 0 Å². The van der Waals surface area contributed by atoms with Gasteiger partial charge in [-0.05, 0) is 62.9 Å². The molecule has 2 aromatic rings. The first-order valence-corrected chi connectivity index (χ1v) is 10.8. The van der Waals surface area contributed by atoms with Crippen molar-refractivity contribution in [1.29, 1.82) is 0 Å². The maximum Gasteiger partial charge on any atom is 0.262 e. The van der Waals surface area contributed by atoms with Crippen molar-refractivity contribution in [2.75, 3.05) is 17.8 Å². The smallest absolute Gasteiger partial charge is 0.262 e. The highest BCUT2D eigenvalue weighted by Gasteiger charge is 2.24. The van der Waals surface area contributed by atoms with E-state index < -0.39 is 10.0 Å². The first-order valence-electron chi connectivity index (χ1n) is 8.97. The fourth-order valence-electron chi connectivity index (χ4n) is 3.36. The molecule has 7 heteroatoms. The average Bonchev–Trinajstić information content (AvgIpc) is 2.61. The molecule has 1 N–H and O–H groups in total. The zero-order chi connectivity index (χ0) is 19.6. The van der Waals surface area contributed by atoms with E-state index in [-0.39, 0.29) is 16.5 Å². The molecule has 1 fully saturated rings. The number of hydrogen-bond donors (Lipinski definition) is 1. The van der Waals surface area contributed by atoms with E-state index in [1.165, 1.54) is 6.07 Å². The lowest BCUT2D eigenvalue weighted by Gasteiger charge is -2.27. The molecular weight excluding hydrogens is 384 g/mol. The van der Waals surface area contributed by atoms with Gasteiger partial charge in [0.15, 0.2) is 0 Å². The van der Waals surface area contributed by atoms with Crippen LogP contribution in [0.3, 0.4) is 0 Å². The van der Waals surface area contributed by atoms with Crippen LogP contribution in [0.4, 0.5) is 5.69 Å². The lowest BCUT2D eigenvalue weighted by molar-refractivity contribution is 0.0725. The molecule has 0 atom stereocenters. The Kier molecular flexibility index (Phi) is 5.77. The summed E-state index contributed by atoms with van der Waals surface area (Å²) in [6.45, 7) is 5.03. The van der Waals surface area contributed by atoms with E-state index in [4.69, 9.17) is 11.6 Å². The van der Waals surface area contributed by atoms with Crippen LogP contribution in [0.2, 0.25) is 5.02 Å². The number of hydrogen-bond acceptors (Lipinski definition) is 3. The quantitative estimate of drug-likeness (QED) is 0.819. The number of amides is 1. The lowest BCUT2D eigenvalue weighted by Crippen LogP contribution is -2.36. The third-order valence-corrected chi connectivity index (χ3v) is 6.48. The second-order valence-electron chi connectivity index (χ2n) is 6.92. The summed E-state index contributed by atoms with van der Waals surface area (Å²) >= 11 is 6.07. The van der Waals surface area contributed by atoms with Crippen LogP contribution in [-0.2, 0) is 10.0 Å². The van der Waals surface area contributed by atoms with E-state index in [1.807, 2.05) is 13.0 Å². The van der Waals surface area contributed by atoms with Gasteiger partial charge in [0.1, 0.15) is 0 Å². The lowest BCUT2D eigenvalue weighted by atomic mass is 10.1. The van der Waals surface area contributed by atoms with Crippen LogP contribution < -0.4 is 4.72 Å². The summed E-state index contributed by atoms with van der Waals surface area (Å²) in [5, 5.41) is 0.364. The Bertz CT molecular complexity index is 967. The van der Waals surface area contributed by atoms with Crippen molar-refractivity contribution in [3.63, 3.8) is 0 Å². The number of anilines is 1. The van der Waals surface area contributed by atoms with Crippen LogP contribution in [0.25, 0.3) is 0 Å². The van der Waals surface area contributed by atoms with E-state index in [9.17, 15) is 13.2 Å². The Morgan fingerprint density at radius 2 is 1.74 bits per heavy atom. The normalized spacial score (nSPS) is 14.9. The summed E-state index contributed by atoms with van der Waals surface area (Å²) in [4.78, 5) is 14.9. The van der Waals surface area contributed by atoms with Crippen molar-refractivity contribution < 1.29 is 13.2 Å². The van der Waals surface area contributed by atoms with Crippen molar-refractivity contribution in [3.8, 4) is 0 Å². The van der Waals surface area contributed by atoms with E-state index in [0.29, 0.717) is 29.2 Å². The van der Waals surface area contributed by atoms with Crippen LogP contribution >= 0.6 is 11.6 Å². The van der Waals surface area contributed by atoms with Gasteiger partial charge in [-0.2, -0.15) is 0 Å². The molecule has 0 saturated carbocycles. The van der Waals surface area contributed by atoms with Gasteiger partial charge in [0.05, 0.1) is 16.1 Å². The molecule has 1 aliphatic rings. The summed E-state index contributed by atoms with van der Waals surface area (Å²) in [5.41, 5.74) is 2.15. The summed E-state index contributed by atoms with van der Waals surface area (Å²) in [6, 6.07) is 9.81. The Hall–Kier alpha value is -2.05. The van der Waals surface area contributed by atoms with Gasteiger partial charge in [-0.3, -0.25) is 9.52 Å². The van der Waals surface area contributed by atoms with Crippen LogP contribution in [0, 0.1) is 13.8 Å². The Labute approximate surface area is 165 Å². The fraction of sp³-hybridized carbons (Fsp3) is 0.350. The van der Waals surface area contributed by atoms with Gasteiger partial charge >= 0.3 is 0 Å². The van der Waals surface area contributed by atoms with Crippen molar-refractivity contribution in [1.82, 2.24) is 4.90 Å². The van der Waals surface area contributed by atoms with Gasteiger partial charge in [0.25, 0.3) is 15.9 Å². The minimum Gasteiger partial charge on any atom is -0.339 e. The number of carbonyl (C=O) groups excluding carboxylic acids is 1. The molecule has 0 radical (unpaired) electrons. The van der Waals surface area contributed by atoms with Crippen LogP contribution in [-0.4, -0.2) is 32.3 Å². The highest BCUT2D eigenvalue weighted by Crippen LogP contribution is 2.27. The number of aryl methyl sites for hydroxylation is 2. The Morgan fingerprint density at radius 1 is 1.04 bits per heavy atom. The van der Waals surface area contributed by atoms with Gasteiger partial charge in [0.2, 0.25) is 0 Å². The molecule has 1 aliphatic heterocycles. The second kappa shape index (κ2) is 7.90. The number of likely N-dealkylation sites (tertiary alicyclic amines) is 1. The largest absolute Gasteiger partial charge is 0.339 e. The third kappa shape index (κ3) is 4.45. The number of piperidine rings is 1. The minimum absolute atomic E-state index is 0.176. The number of rotatable bonds is 4. The third-order valence-electron chi connectivity index (χ3n) is 4.72. The zero-order valence-electron chi connectivity index (χ0n) is 15.5. The highest BCUT2D eigenvalue weighted by molar-refractivity contribution is 7.92. The summed E-state index contributed by atoms with van der Waals surface area (Å²) in [7, 11) is -3.84. The van der Waals surface area contributed by atoms with Crippen molar-refractivity contribution in [3.05, 3.63) is 58.1 Å². The van der Waals surface area contributed by atoms with Gasteiger partial charge in [0, 0.05) is 18.1 Å². The maximum atomic E-state index is 12.9. The van der Waals surface area contributed by atoms with Crippen LogP contribution in [0.15, 0.2) is 41.3 Å². The molecule has 0 unspecified atom stereocenters. The second-order valence-corrected chi connectivity index (χ2v) is 9.00. The van der Waals surface area contributed by atoms with Gasteiger partial charge < -0.3 is 4.90 Å². The predicted octanol–water partition coefficient (Wildman–Crippen LogP) is 4.38. The number of halogens is 1. The molecule has 2 aromatic carbocycles. The SMILES string of the molecule is Cc1ccc(S(=O)(=O)Nc2cc(Cl)ccc2C(=O)N2CCCCC2)c(C)c1. The number of nitrogens with one attached hydrogen (secondary N) is 1. The van der Waals surface area contributed by atoms with E-state index >= 15 is 0 Å². The summed E-state index contributed by atoms with van der Waals surface area (Å²) in [6.07, 6.45) is 3.03. The zero-order valence-corrected chi connectivity index (χ0v) is 17.0. The van der Waals surface area contributed by atoms with E-state index in [0.717, 1.165) is 24.8 Å². The summed E-state index contributed by atoms with van der Waals surface area (Å²) in [5.74, 6) is -0.176. The maximum absolute atomic E-state index is 12.9. The molecule has 5 nitrogen and oxygen atoms in total. The number of benzene rings is 2. The average molecular weight is 407 g/mol. The molecular formula is C20H23ClN2O3S. The summed E-state index contributed by atoms with van der Waals surface area (Å²) < 4.78 is 28.4. The Morgan fingerprint density at radius 3 is 2.41 bits per heavy atom. The molecule has 0 bridgehead atoms. The molecule has 1 amide bonds. The predicted molar refractivity (Wildman–Crippen MR) is 108 cm³/mol. The number of sulfonamides is 1. The standard InChI is InChI=1S/C20H23ClN2O3S/c1-14-6-9-19(15(2)12-14)27(25,26)22-18-13-16(21)7-8-17(18)20(24)23-10-4-3-5-11-23/h6-9,12-13,22H,3-5,10-11H2,1-2H3. The van der Waals surface area contributed by atoms with Crippen molar-refractivity contribution >= 4 is 33.2 Å². The molecule has 1 saturated heterocycles. The number of nitrogens with zero attached hydrogens (tertiary/aromatic N) is 1. The molecule has 0 aliphatic carbocycles. The first kappa shape index (κ1) is 19.7. The molecule has 144 valence electrons. The minimum atomic E-state index is -3.84.